The Morgan fingerprint density at radius 1 is 1.06 bits per heavy atom. The van der Waals surface area contributed by atoms with E-state index in [1.165, 1.54) is 26.4 Å². The third kappa shape index (κ3) is 2.39. The van der Waals surface area contributed by atoms with Gasteiger partial charge in [-0.2, -0.15) is 10.5 Å². The highest BCUT2D eigenvalue weighted by Gasteiger charge is 2.22. The van der Waals surface area contributed by atoms with Crippen LogP contribution in [0.25, 0.3) is 0 Å². The molecule has 16 heavy (non-hydrogen) atoms. The monoisotopic (exact) mass is 230 g/mol. The second-order valence-corrected chi connectivity index (χ2v) is 3.02. The molecule has 0 heterocycles. The third-order valence-corrected chi connectivity index (χ3v) is 1.99. The van der Waals surface area contributed by atoms with Crippen molar-refractivity contribution >= 4 is 22.7 Å². The number of benzene rings is 1. The lowest BCUT2D eigenvalue weighted by atomic mass is 10.2. The van der Waals surface area contributed by atoms with Crippen molar-refractivity contribution in [3.63, 3.8) is 0 Å². The van der Waals surface area contributed by atoms with Crippen molar-refractivity contribution in [3.05, 3.63) is 22.5 Å². The Kier molecular flexibility index (Phi) is 4.01. The Labute approximate surface area is 92.0 Å². The molecule has 0 aromatic heterocycles. The van der Waals surface area contributed by atoms with Crippen LogP contribution in [0.4, 0.5) is 22.7 Å². The number of nitrogens with one attached hydrogen (secondary N) is 2. The first kappa shape index (κ1) is 12.6. The predicted octanol–water partition coefficient (Wildman–Crippen LogP) is -2.00. The fraction of sp³-hybridized carbons (Fsp3) is 0.250. The van der Waals surface area contributed by atoms with E-state index in [2.05, 4.69) is 9.68 Å². The molecule has 0 fully saturated rings. The van der Waals surface area contributed by atoms with Crippen molar-refractivity contribution in [2.45, 2.75) is 0 Å². The SMILES string of the molecule is CO[NH+]([O-])c1cc(N)cc(N)c1[NH+]([O-])OC. The largest absolute Gasteiger partial charge is 0.594 e. The van der Waals surface area contributed by atoms with Gasteiger partial charge in [-0.05, 0) is 6.07 Å². The summed E-state index contributed by atoms with van der Waals surface area (Å²) in [5.41, 5.74) is 11.4. The minimum atomic E-state index is -0.710. The maximum atomic E-state index is 11.4. The van der Waals surface area contributed by atoms with Crippen molar-refractivity contribution in [3.8, 4) is 0 Å². The molecule has 8 heteroatoms. The molecular formula is C8H14N4O4. The van der Waals surface area contributed by atoms with E-state index in [4.69, 9.17) is 11.5 Å². The number of hydrogen-bond acceptors (Lipinski definition) is 6. The summed E-state index contributed by atoms with van der Waals surface area (Å²) < 4.78 is 0. The third-order valence-electron chi connectivity index (χ3n) is 1.99. The van der Waals surface area contributed by atoms with Crippen molar-refractivity contribution < 1.29 is 20.1 Å². The summed E-state index contributed by atoms with van der Waals surface area (Å²) in [6.07, 6.45) is 0. The van der Waals surface area contributed by atoms with Crippen LogP contribution in [0.2, 0.25) is 0 Å². The molecule has 1 aromatic carbocycles. The molecule has 0 saturated carbocycles. The van der Waals surface area contributed by atoms with Gasteiger partial charge in [0.05, 0.1) is 14.2 Å². The quantitative estimate of drug-likeness (QED) is 0.350. The van der Waals surface area contributed by atoms with Crippen LogP contribution in [0.15, 0.2) is 12.1 Å². The molecule has 2 atom stereocenters. The molecule has 0 aliphatic carbocycles. The number of anilines is 2. The average Bonchev–Trinajstić information content (AvgIpc) is 2.26. The number of rotatable bonds is 4. The van der Waals surface area contributed by atoms with Gasteiger partial charge in [0.1, 0.15) is 5.69 Å². The second-order valence-electron chi connectivity index (χ2n) is 3.02. The number of nitrogens with two attached hydrogens (primary N) is 2. The van der Waals surface area contributed by atoms with E-state index in [1.54, 1.807) is 0 Å². The van der Waals surface area contributed by atoms with Gasteiger partial charge in [-0.3, -0.25) is 0 Å². The van der Waals surface area contributed by atoms with Gasteiger partial charge in [0, 0.05) is 11.8 Å². The predicted molar refractivity (Wildman–Crippen MR) is 57.3 cm³/mol. The van der Waals surface area contributed by atoms with Gasteiger partial charge in [-0.25, -0.2) is 9.68 Å². The summed E-state index contributed by atoms with van der Waals surface area (Å²) in [6.45, 7) is 0. The highest BCUT2D eigenvalue weighted by atomic mass is 16.9. The lowest BCUT2D eigenvalue weighted by molar-refractivity contribution is -1.02. The maximum absolute atomic E-state index is 11.4. The Hall–Kier alpha value is -1.42. The van der Waals surface area contributed by atoms with E-state index in [9.17, 15) is 10.4 Å². The molecular weight excluding hydrogens is 216 g/mol. The molecule has 8 nitrogen and oxygen atoms in total. The highest BCUT2D eigenvalue weighted by Crippen LogP contribution is 2.25. The van der Waals surface area contributed by atoms with Gasteiger partial charge >= 0.3 is 0 Å². The molecule has 0 radical (unpaired) electrons. The number of hydrogen-bond donors (Lipinski definition) is 4. The molecule has 0 aliphatic rings. The van der Waals surface area contributed by atoms with Crippen LogP contribution in [-0.4, -0.2) is 14.2 Å². The fourth-order valence-electron chi connectivity index (χ4n) is 1.29. The molecule has 1 rings (SSSR count). The summed E-state index contributed by atoms with van der Waals surface area (Å²) in [7, 11) is 2.39. The van der Waals surface area contributed by atoms with Gasteiger partial charge in [0.15, 0.2) is 0 Å². The second kappa shape index (κ2) is 5.07. The first-order valence-electron chi connectivity index (χ1n) is 4.37. The van der Waals surface area contributed by atoms with Gasteiger partial charge in [-0.15, -0.1) is 0 Å². The van der Waals surface area contributed by atoms with Crippen LogP contribution < -0.4 is 21.9 Å². The zero-order chi connectivity index (χ0) is 12.3. The van der Waals surface area contributed by atoms with E-state index in [1.807, 2.05) is 0 Å². The summed E-state index contributed by atoms with van der Waals surface area (Å²) in [5, 5.41) is 21.4. The molecule has 6 N–H and O–H groups in total. The molecule has 0 bridgehead atoms. The summed E-state index contributed by atoms with van der Waals surface area (Å²) in [4.78, 5) is 9.05. The zero-order valence-electron chi connectivity index (χ0n) is 8.94. The van der Waals surface area contributed by atoms with E-state index < -0.39 is 10.5 Å². The average molecular weight is 230 g/mol. The standard InChI is InChI=1S/C8H14N4O4/c1-15-11(13)7-4-5(9)3-6(10)8(7)12(14)16-2/h3-4,11-12H,9-10H2,1-2H3. The molecule has 90 valence electrons. The van der Waals surface area contributed by atoms with Gasteiger partial charge < -0.3 is 21.9 Å². The molecule has 1 aromatic rings. The number of quaternary nitrogens is 2. The van der Waals surface area contributed by atoms with E-state index >= 15 is 0 Å². The van der Waals surface area contributed by atoms with E-state index in [0.29, 0.717) is 0 Å². The topological polar surface area (TPSA) is 126 Å². The van der Waals surface area contributed by atoms with Crippen LogP contribution in [-0.2, 0) is 9.68 Å². The Bertz CT molecular complexity index is 373. The van der Waals surface area contributed by atoms with Gasteiger partial charge in [-0.1, -0.05) is 0 Å². The molecule has 2 unspecified atom stereocenters. The Morgan fingerprint density at radius 3 is 2.12 bits per heavy atom. The van der Waals surface area contributed by atoms with Crippen molar-refractivity contribution in [2.24, 2.45) is 0 Å². The maximum Gasteiger partial charge on any atom is 0.251 e. The highest BCUT2D eigenvalue weighted by molar-refractivity contribution is 5.74. The Balaban J connectivity index is 3.31. The van der Waals surface area contributed by atoms with Crippen LogP contribution in [0, 0.1) is 10.4 Å². The summed E-state index contributed by atoms with van der Waals surface area (Å²) in [6, 6.07) is 2.69. The normalized spacial score (nSPS) is 14.8. The number of nitrogen functional groups attached to an aromatic ring is 2. The minimum absolute atomic E-state index is 0.00755. The van der Waals surface area contributed by atoms with Crippen LogP contribution >= 0.6 is 0 Å². The van der Waals surface area contributed by atoms with Crippen LogP contribution in [0.3, 0.4) is 0 Å². The molecule has 0 spiro atoms. The van der Waals surface area contributed by atoms with E-state index in [0.717, 1.165) is 0 Å². The fourth-order valence-corrected chi connectivity index (χ4v) is 1.29. The zero-order valence-corrected chi connectivity index (χ0v) is 8.94. The summed E-state index contributed by atoms with van der Waals surface area (Å²) >= 11 is 0. The Morgan fingerprint density at radius 2 is 1.62 bits per heavy atom. The molecule has 0 aliphatic heterocycles. The van der Waals surface area contributed by atoms with Crippen LogP contribution in [0.1, 0.15) is 0 Å². The first-order valence-corrected chi connectivity index (χ1v) is 4.37. The van der Waals surface area contributed by atoms with Crippen LogP contribution in [0.5, 0.6) is 0 Å². The molecule has 0 saturated heterocycles. The van der Waals surface area contributed by atoms with E-state index in [-0.39, 0.29) is 22.7 Å². The minimum Gasteiger partial charge on any atom is -0.594 e. The summed E-state index contributed by atoms with van der Waals surface area (Å²) in [5.74, 6) is 0. The van der Waals surface area contributed by atoms with Crippen molar-refractivity contribution in [1.82, 2.24) is 0 Å². The molecule has 0 amide bonds. The van der Waals surface area contributed by atoms with Gasteiger partial charge in [0.2, 0.25) is 5.69 Å². The van der Waals surface area contributed by atoms with Gasteiger partial charge in [0.25, 0.3) is 5.69 Å². The lowest BCUT2D eigenvalue weighted by Crippen LogP contribution is -3.06. The van der Waals surface area contributed by atoms with Crippen molar-refractivity contribution in [1.29, 1.82) is 0 Å². The lowest BCUT2D eigenvalue weighted by Gasteiger charge is -2.24. The van der Waals surface area contributed by atoms with Crippen molar-refractivity contribution in [2.75, 3.05) is 25.7 Å². The smallest absolute Gasteiger partial charge is 0.251 e. The first-order chi connectivity index (χ1) is 7.51.